The van der Waals surface area contributed by atoms with Gasteiger partial charge in [-0.05, 0) is 36.2 Å². The van der Waals surface area contributed by atoms with E-state index in [0.717, 1.165) is 34.6 Å². The normalized spacial score (nSPS) is 17.2. The molecule has 0 fully saturated rings. The van der Waals surface area contributed by atoms with Crippen LogP contribution in [-0.2, 0) is 11.2 Å². The van der Waals surface area contributed by atoms with Crippen LogP contribution >= 0.6 is 0 Å². The van der Waals surface area contributed by atoms with Crippen molar-refractivity contribution in [1.29, 1.82) is 0 Å². The van der Waals surface area contributed by atoms with E-state index in [1.807, 2.05) is 12.1 Å². The van der Waals surface area contributed by atoms with E-state index in [-0.39, 0.29) is 18.7 Å². The maximum Gasteiger partial charge on any atom is 0.261 e. The van der Waals surface area contributed by atoms with Gasteiger partial charge in [0.1, 0.15) is 0 Å². The van der Waals surface area contributed by atoms with Crippen LogP contribution in [0, 0.1) is 0 Å². The molecule has 152 valence electrons. The summed E-state index contributed by atoms with van der Waals surface area (Å²) < 4.78 is 11.5. The summed E-state index contributed by atoms with van der Waals surface area (Å²) in [4.78, 5) is 43.4. The van der Waals surface area contributed by atoms with E-state index in [1.54, 1.807) is 24.3 Å². The Morgan fingerprint density at radius 3 is 2.33 bits per heavy atom. The molecule has 7 nitrogen and oxygen atoms in total. The van der Waals surface area contributed by atoms with Crippen molar-refractivity contribution in [3.8, 4) is 11.5 Å². The van der Waals surface area contributed by atoms with Crippen LogP contribution < -0.4 is 9.47 Å². The molecule has 0 N–H and O–H groups in total. The second-order valence-electron chi connectivity index (χ2n) is 7.54. The molecule has 0 saturated heterocycles. The number of benzene rings is 2. The minimum absolute atomic E-state index is 0.0556. The zero-order valence-electron chi connectivity index (χ0n) is 16.3. The molecule has 0 aliphatic carbocycles. The van der Waals surface area contributed by atoms with Crippen LogP contribution in [0.25, 0.3) is 0 Å². The van der Waals surface area contributed by atoms with Crippen molar-refractivity contribution in [1.82, 2.24) is 4.90 Å². The predicted octanol–water partition coefficient (Wildman–Crippen LogP) is 2.45. The number of ketones is 1. The molecule has 5 rings (SSSR count). The number of nitrogens with zero attached hydrogens (tertiary/aromatic N) is 2. The van der Waals surface area contributed by atoms with Crippen LogP contribution in [0.1, 0.15) is 44.7 Å². The number of amides is 2. The number of fused-ring (bicyclic) bond motifs is 3. The summed E-state index contributed by atoms with van der Waals surface area (Å²) in [7, 11) is 0. The largest absolute Gasteiger partial charge is 0.490 e. The average molecular weight is 404 g/mol. The number of ether oxygens (including phenoxy) is 2. The second-order valence-corrected chi connectivity index (χ2v) is 7.54. The van der Waals surface area contributed by atoms with E-state index < -0.39 is 11.8 Å². The zero-order chi connectivity index (χ0) is 20.7. The second kappa shape index (κ2) is 7.40. The van der Waals surface area contributed by atoms with Gasteiger partial charge in [0.05, 0.1) is 37.3 Å². The summed E-state index contributed by atoms with van der Waals surface area (Å²) in [6, 6.07) is 10.5. The van der Waals surface area contributed by atoms with Gasteiger partial charge >= 0.3 is 0 Å². The number of carbonyl (C=O) groups is 3. The summed E-state index contributed by atoms with van der Waals surface area (Å²) in [5.74, 6) is 0.304. The lowest BCUT2D eigenvalue weighted by Crippen LogP contribution is -2.35. The van der Waals surface area contributed by atoms with Crippen LogP contribution in [0.3, 0.4) is 0 Å². The Labute approximate surface area is 173 Å². The standard InChI is InChI=1S/C23H20N2O5/c26-15(13-25-22(27)16-4-1-2-5-17(16)23(25)28)11-19-18-12-21-20(29-8-3-9-30-21)10-14(18)6-7-24-19/h1-2,4-5,10,12H,3,6-9,11,13H2. The minimum Gasteiger partial charge on any atom is -0.490 e. The van der Waals surface area contributed by atoms with Gasteiger partial charge in [0.2, 0.25) is 0 Å². The molecule has 2 aromatic rings. The first-order chi connectivity index (χ1) is 14.6. The Hall–Kier alpha value is -3.48. The highest BCUT2D eigenvalue weighted by Gasteiger charge is 2.36. The van der Waals surface area contributed by atoms with Crippen LogP contribution in [-0.4, -0.2) is 54.5 Å². The van der Waals surface area contributed by atoms with E-state index in [9.17, 15) is 14.4 Å². The fourth-order valence-corrected chi connectivity index (χ4v) is 4.08. The summed E-state index contributed by atoms with van der Waals surface area (Å²) in [6.45, 7) is 1.52. The summed E-state index contributed by atoms with van der Waals surface area (Å²) in [6.07, 6.45) is 1.64. The van der Waals surface area contributed by atoms with E-state index >= 15 is 0 Å². The molecule has 0 atom stereocenters. The number of hydrogen-bond acceptors (Lipinski definition) is 6. The molecular weight excluding hydrogens is 384 g/mol. The highest BCUT2D eigenvalue weighted by Crippen LogP contribution is 2.35. The van der Waals surface area contributed by atoms with Crippen molar-refractivity contribution in [3.05, 3.63) is 58.7 Å². The third-order valence-corrected chi connectivity index (χ3v) is 5.55. The number of imide groups is 1. The molecule has 3 heterocycles. The van der Waals surface area contributed by atoms with E-state index in [4.69, 9.17) is 9.47 Å². The first-order valence-electron chi connectivity index (χ1n) is 10.0. The molecule has 0 saturated carbocycles. The van der Waals surface area contributed by atoms with Crippen molar-refractivity contribution in [2.75, 3.05) is 26.3 Å². The summed E-state index contributed by atoms with van der Waals surface area (Å²) in [5.41, 5.74) is 3.29. The first kappa shape index (κ1) is 18.5. The summed E-state index contributed by atoms with van der Waals surface area (Å²) in [5, 5.41) is 0. The molecular formula is C23H20N2O5. The van der Waals surface area contributed by atoms with Gasteiger partial charge in [-0.3, -0.25) is 24.3 Å². The molecule has 0 unspecified atom stereocenters. The van der Waals surface area contributed by atoms with Crippen LogP contribution in [0.15, 0.2) is 41.4 Å². The van der Waals surface area contributed by atoms with Gasteiger partial charge in [-0.2, -0.15) is 0 Å². The molecule has 0 bridgehead atoms. The van der Waals surface area contributed by atoms with E-state index in [0.29, 0.717) is 42.3 Å². The Morgan fingerprint density at radius 1 is 0.967 bits per heavy atom. The highest BCUT2D eigenvalue weighted by molar-refractivity contribution is 6.23. The van der Waals surface area contributed by atoms with E-state index in [1.165, 1.54) is 0 Å². The third kappa shape index (κ3) is 3.16. The van der Waals surface area contributed by atoms with Gasteiger partial charge < -0.3 is 9.47 Å². The molecule has 7 heteroatoms. The average Bonchev–Trinajstić information content (AvgIpc) is 2.91. The van der Waals surface area contributed by atoms with Crippen molar-refractivity contribution >= 4 is 23.3 Å². The quantitative estimate of drug-likeness (QED) is 0.731. The monoisotopic (exact) mass is 404 g/mol. The molecule has 2 aromatic carbocycles. The van der Waals surface area contributed by atoms with Crippen molar-refractivity contribution in [2.24, 2.45) is 4.99 Å². The minimum atomic E-state index is -0.425. The molecule has 2 amide bonds. The lowest BCUT2D eigenvalue weighted by molar-refractivity contribution is -0.118. The lowest BCUT2D eigenvalue weighted by atomic mass is 9.94. The van der Waals surface area contributed by atoms with Crippen molar-refractivity contribution in [2.45, 2.75) is 19.3 Å². The Bertz CT molecular complexity index is 1070. The van der Waals surface area contributed by atoms with Crippen molar-refractivity contribution in [3.63, 3.8) is 0 Å². The molecule has 3 aliphatic rings. The molecule has 0 spiro atoms. The van der Waals surface area contributed by atoms with Gasteiger partial charge in [0, 0.05) is 24.2 Å². The fourth-order valence-electron chi connectivity index (χ4n) is 4.08. The van der Waals surface area contributed by atoms with Crippen LogP contribution in [0.2, 0.25) is 0 Å². The Morgan fingerprint density at radius 2 is 1.63 bits per heavy atom. The topological polar surface area (TPSA) is 85.3 Å². The van der Waals surface area contributed by atoms with Gasteiger partial charge in [0.15, 0.2) is 17.3 Å². The van der Waals surface area contributed by atoms with Gasteiger partial charge in [-0.15, -0.1) is 0 Å². The summed E-state index contributed by atoms with van der Waals surface area (Å²) >= 11 is 0. The maximum atomic E-state index is 12.8. The number of aliphatic imine (C=N–C) groups is 1. The van der Waals surface area contributed by atoms with Gasteiger partial charge in [-0.25, -0.2) is 0 Å². The maximum absolute atomic E-state index is 12.8. The zero-order valence-corrected chi connectivity index (χ0v) is 16.3. The Balaban J connectivity index is 1.34. The van der Waals surface area contributed by atoms with E-state index in [2.05, 4.69) is 4.99 Å². The third-order valence-electron chi connectivity index (χ3n) is 5.55. The fraction of sp³-hybridized carbons (Fsp3) is 0.304. The first-order valence-corrected chi connectivity index (χ1v) is 10.0. The SMILES string of the molecule is O=C(CC1=NCCc2cc3c(cc21)OCCCO3)CN1C(=O)c2ccccc2C1=O. The number of Topliss-reactive ketones (excluding diaryl/α,β-unsaturated/α-hetero) is 1. The number of carbonyl (C=O) groups excluding carboxylic acids is 3. The number of hydrogen-bond donors (Lipinski definition) is 0. The van der Waals surface area contributed by atoms with Crippen molar-refractivity contribution < 1.29 is 23.9 Å². The van der Waals surface area contributed by atoms with Gasteiger partial charge in [-0.1, -0.05) is 12.1 Å². The predicted molar refractivity (Wildman–Crippen MR) is 109 cm³/mol. The highest BCUT2D eigenvalue weighted by atomic mass is 16.5. The lowest BCUT2D eigenvalue weighted by Gasteiger charge is -2.20. The van der Waals surface area contributed by atoms with Crippen LogP contribution in [0.4, 0.5) is 0 Å². The molecule has 3 aliphatic heterocycles. The molecule has 30 heavy (non-hydrogen) atoms. The van der Waals surface area contributed by atoms with Gasteiger partial charge in [0.25, 0.3) is 11.8 Å². The molecule has 0 radical (unpaired) electrons. The molecule has 0 aromatic heterocycles. The number of rotatable bonds is 4. The smallest absolute Gasteiger partial charge is 0.261 e. The van der Waals surface area contributed by atoms with Crippen LogP contribution in [0.5, 0.6) is 11.5 Å². The Kier molecular flexibility index (Phi) is 4.58.